The molecule has 1 saturated heterocycles. The minimum absolute atomic E-state index is 0.0420. The van der Waals surface area contributed by atoms with E-state index in [0.717, 1.165) is 48.6 Å². The van der Waals surface area contributed by atoms with Crippen LogP contribution in [0.4, 0.5) is 11.6 Å². The van der Waals surface area contributed by atoms with E-state index in [2.05, 4.69) is 25.5 Å². The molecule has 0 bridgehead atoms. The maximum absolute atomic E-state index is 11.9. The zero-order valence-electron chi connectivity index (χ0n) is 13.6. The number of rotatable bonds is 6. The summed E-state index contributed by atoms with van der Waals surface area (Å²) in [5.41, 5.74) is 0. The number of aromatic nitrogens is 2. The van der Waals surface area contributed by atoms with Crippen LogP contribution in [0.2, 0.25) is 0 Å². The molecule has 0 atom stereocenters. The number of nitrogens with zero attached hydrogens (tertiary/aromatic N) is 3. The monoisotopic (exact) mass is 347 g/mol. The van der Waals surface area contributed by atoms with E-state index in [1.54, 1.807) is 0 Å². The molecule has 2 aromatic rings. The number of morpholine rings is 1. The van der Waals surface area contributed by atoms with E-state index in [1.165, 1.54) is 11.3 Å². The fourth-order valence-electron chi connectivity index (χ4n) is 2.46. The number of hydrogen-bond donors (Lipinski definition) is 2. The molecule has 3 rings (SSSR count). The lowest BCUT2D eigenvalue weighted by molar-refractivity contribution is 0.0959. The zero-order valence-corrected chi connectivity index (χ0v) is 14.4. The molecule has 3 heterocycles. The Balaban J connectivity index is 1.51. The number of thiophene rings is 1. The lowest BCUT2D eigenvalue weighted by Gasteiger charge is -2.28. The first-order valence-corrected chi connectivity index (χ1v) is 8.84. The number of carbonyl (C=O) groups is 1. The highest BCUT2D eigenvalue weighted by atomic mass is 32.1. The van der Waals surface area contributed by atoms with Gasteiger partial charge in [-0.25, -0.2) is 9.97 Å². The van der Waals surface area contributed by atoms with Gasteiger partial charge in [0, 0.05) is 32.2 Å². The molecule has 7 nitrogen and oxygen atoms in total. The predicted molar refractivity (Wildman–Crippen MR) is 94.9 cm³/mol. The first-order chi connectivity index (χ1) is 11.7. The van der Waals surface area contributed by atoms with E-state index < -0.39 is 0 Å². The average molecular weight is 347 g/mol. The van der Waals surface area contributed by atoms with Gasteiger partial charge in [0.1, 0.15) is 17.5 Å². The highest BCUT2D eigenvalue weighted by Gasteiger charge is 2.14. The van der Waals surface area contributed by atoms with Crippen LogP contribution in [0.1, 0.15) is 15.5 Å². The van der Waals surface area contributed by atoms with Gasteiger partial charge in [-0.15, -0.1) is 11.3 Å². The van der Waals surface area contributed by atoms with Crippen LogP contribution >= 0.6 is 11.3 Å². The molecule has 1 aliphatic rings. The number of carbonyl (C=O) groups excluding carboxylic acids is 1. The molecule has 0 radical (unpaired) electrons. The summed E-state index contributed by atoms with van der Waals surface area (Å²) in [7, 11) is 0. The average Bonchev–Trinajstić information content (AvgIpc) is 3.14. The Morgan fingerprint density at radius 2 is 2.17 bits per heavy atom. The second-order valence-corrected chi connectivity index (χ2v) is 6.37. The van der Waals surface area contributed by atoms with Crippen molar-refractivity contribution in [1.29, 1.82) is 0 Å². The van der Waals surface area contributed by atoms with Gasteiger partial charge in [0.25, 0.3) is 5.91 Å². The van der Waals surface area contributed by atoms with Crippen molar-refractivity contribution in [2.24, 2.45) is 0 Å². The molecule has 0 aliphatic carbocycles. The van der Waals surface area contributed by atoms with Crippen LogP contribution in [0.3, 0.4) is 0 Å². The smallest absolute Gasteiger partial charge is 0.261 e. The molecular formula is C16H21N5O2S. The maximum atomic E-state index is 11.9. The molecule has 1 amide bonds. The molecule has 2 N–H and O–H groups in total. The van der Waals surface area contributed by atoms with Crippen LogP contribution in [0.25, 0.3) is 0 Å². The van der Waals surface area contributed by atoms with Crippen molar-refractivity contribution in [3.63, 3.8) is 0 Å². The minimum Gasteiger partial charge on any atom is -0.378 e. The van der Waals surface area contributed by atoms with Gasteiger partial charge in [-0.2, -0.15) is 0 Å². The van der Waals surface area contributed by atoms with Crippen molar-refractivity contribution >= 4 is 28.9 Å². The molecule has 0 saturated carbocycles. The van der Waals surface area contributed by atoms with Crippen LogP contribution in [0.15, 0.2) is 23.6 Å². The van der Waals surface area contributed by atoms with Crippen molar-refractivity contribution in [3.8, 4) is 0 Å². The Labute approximate surface area is 145 Å². The summed E-state index contributed by atoms with van der Waals surface area (Å²) < 4.78 is 5.37. The van der Waals surface area contributed by atoms with Gasteiger partial charge in [0.15, 0.2) is 0 Å². The van der Waals surface area contributed by atoms with E-state index in [4.69, 9.17) is 4.74 Å². The summed E-state index contributed by atoms with van der Waals surface area (Å²) >= 11 is 1.44. The number of hydrogen-bond acceptors (Lipinski definition) is 7. The Kier molecular flexibility index (Phi) is 5.60. The Morgan fingerprint density at radius 3 is 2.92 bits per heavy atom. The van der Waals surface area contributed by atoms with Gasteiger partial charge in [0.05, 0.1) is 18.1 Å². The second-order valence-electron chi connectivity index (χ2n) is 5.42. The summed E-state index contributed by atoms with van der Waals surface area (Å²) in [5, 5.41) is 8.02. The molecular weight excluding hydrogens is 326 g/mol. The molecule has 2 aromatic heterocycles. The maximum Gasteiger partial charge on any atom is 0.261 e. The van der Waals surface area contributed by atoms with E-state index in [9.17, 15) is 4.79 Å². The van der Waals surface area contributed by atoms with Crippen molar-refractivity contribution < 1.29 is 9.53 Å². The predicted octanol–water partition coefficient (Wildman–Crippen LogP) is 1.53. The van der Waals surface area contributed by atoms with E-state index in [0.29, 0.717) is 13.1 Å². The zero-order chi connectivity index (χ0) is 16.8. The van der Waals surface area contributed by atoms with Crippen molar-refractivity contribution in [2.75, 3.05) is 49.6 Å². The third-order valence-electron chi connectivity index (χ3n) is 3.62. The topological polar surface area (TPSA) is 79.4 Å². The molecule has 128 valence electrons. The Morgan fingerprint density at radius 1 is 1.33 bits per heavy atom. The normalized spacial score (nSPS) is 14.5. The third-order valence-corrected chi connectivity index (χ3v) is 4.49. The highest BCUT2D eigenvalue weighted by Crippen LogP contribution is 2.17. The molecule has 24 heavy (non-hydrogen) atoms. The number of anilines is 2. The van der Waals surface area contributed by atoms with Crippen LogP contribution in [0, 0.1) is 6.92 Å². The summed E-state index contributed by atoms with van der Waals surface area (Å²) in [6.45, 7) is 6.15. The quantitative estimate of drug-likeness (QED) is 0.772. The van der Waals surface area contributed by atoms with Crippen LogP contribution < -0.4 is 15.5 Å². The molecule has 0 spiro atoms. The Bertz CT molecular complexity index is 671. The number of nitrogens with one attached hydrogen (secondary N) is 2. The molecule has 1 aliphatic heterocycles. The van der Waals surface area contributed by atoms with Crippen molar-refractivity contribution in [2.45, 2.75) is 6.92 Å². The molecule has 0 unspecified atom stereocenters. The lowest BCUT2D eigenvalue weighted by atomic mass is 10.4. The summed E-state index contributed by atoms with van der Waals surface area (Å²) in [6.07, 6.45) is 0. The SMILES string of the molecule is Cc1nc(NCCNC(=O)c2cccs2)cc(N2CCOCC2)n1. The van der Waals surface area contributed by atoms with Gasteiger partial charge >= 0.3 is 0 Å². The molecule has 8 heteroatoms. The fraction of sp³-hybridized carbons (Fsp3) is 0.438. The van der Waals surface area contributed by atoms with Gasteiger partial charge in [0.2, 0.25) is 0 Å². The van der Waals surface area contributed by atoms with Crippen molar-refractivity contribution in [3.05, 3.63) is 34.3 Å². The summed E-state index contributed by atoms with van der Waals surface area (Å²) in [4.78, 5) is 23.7. The number of ether oxygens (including phenoxy) is 1. The second kappa shape index (κ2) is 8.07. The van der Waals surface area contributed by atoms with Crippen molar-refractivity contribution in [1.82, 2.24) is 15.3 Å². The molecule has 0 aromatic carbocycles. The van der Waals surface area contributed by atoms with Crippen LogP contribution in [-0.4, -0.2) is 55.3 Å². The first kappa shape index (κ1) is 16.7. The largest absolute Gasteiger partial charge is 0.378 e. The standard InChI is InChI=1S/C16H21N5O2S/c1-12-19-14(11-15(20-12)21-6-8-23-9-7-21)17-4-5-18-16(22)13-3-2-10-24-13/h2-3,10-11H,4-9H2,1H3,(H,18,22)(H,17,19,20). The van der Waals surface area contributed by atoms with Gasteiger partial charge in [-0.05, 0) is 18.4 Å². The Hall–Kier alpha value is -2.19. The van der Waals surface area contributed by atoms with Gasteiger partial charge < -0.3 is 20.3 Å². The summed E-state index contributed by atoms with van der Waals surface area (Å²) in [5.74, 6) is 2.37. The van der Waals surface area contributed by atoms with E-state index >= 15 is 0 Å². The summed E-state index contributed by atoms with van der Waals surface area (Å²) in [6, 6.07) is 5.63. The highest BCUT2D eigenvalue weighted by molar-refractivity contribution is 7.12. The number of amides is 1. The third kappa shape index (κ3) is 4.42. The van der Waals surface area contributed by atoms with Gasteiger partial charge in [-0.3, -0.25) is 4.79 Å². The van der Waals surface area contributed by atoms with Crippen LogP contribution in [-0.2, 0) is 4.74 Å². The fourth-order valence-corrected chi connectivity index (χ4v) is 3.10. The van der Waals surface area contributed by atoms with Gasteiger partial charge in [-0.1, -0.05) is 6.07 Å². The minimum atomic E-state index is -0.0420. The number of aryl methyl sites for hydroxylation is 1. The molecule has 1 fully saturated rings. The first-order valence-electron chi connectivity index (χ1n) is 7.96. The lowest BCUT2D eigenvalue weighted by Crippen LogP contribution is -2.37. The van der Waals surface area contributed by atoms with E-state index in [-0.39, 0.29) is 5.91 Å². The van der Waals surface area contributed by atoms with E-state index in [1.807, 2.05) is 30.5 Å². The van der Waals surface area contributed by atoms with Crippen LogP contribution in [0.5, 0.6) is 0 Å².